The van der Waals surface area contributed by atoms with E-state index >= 15 is 0 Å². The van der Waals surface area contributed by atoms with Crippen LogP contribution >= 0.6 is 0 Å². The van der Waals surface area contributed by atoms with E-state index in [-0.39, 0.29) is 11.9 Å². The van der Waals surface area contributed by atoms with Crippen molar-refractivity contribution in [1.82, 2.24) is 19.4 Å². The Morgan fingerprint density at radius 1 is 1.18 bits per heavy atom. The predicted octanol–water partition coefficient (Wildman–Crippen LogP) is 4.09. The SMILES string of the molecule is Cc1ccc(C(=O)N2CCC(n3c(-c4ccoc4)nc4cccnc43)C2)cc1. The van der Waals surface area contributed by atoms with Crippen molar-refractivity contribution in [3.8, 4) is 11.4 Å². The maximum atomic E-state index is 12.9. The smallest absolute Gasteiger partial charge is 0.253 e. The maximum Gasteiger partial charge on any atom is 0.253 e. The molecule has 0 N–H and O–H groups in total. The first-order valence-corrected chi connectivity index (χ1v) is 9.42. The van der Waals surface area contributed by atoms with Crippen LogP contribution in [0.15, 0.2) is 65.6 Å². The van der Waals surface area contributed by atoms with Crippen LogP contribution in [0.2, 0.25) is 0 Å². The highest BCUT2D eigenvalue weighted by molar-refractivity contribution is 5.94. The lowest BCUT2D eigenvalue weighted by molar-refractivity contribution is 0.0788. The van der Waals surface area contributed by atoms with Crippen molar-refractivity contribution >= 4 is 17.1 Å². The minimum Gasteiger partial charge on any atom is -0.472 e. The van der Waals surface area contributed by atoms with Crippen LogP contribution in [0.25, 0.3) is 22.6 Å². The van der Waals surface area contributed by atoms with Gasteiger partial charge < -0.3 is 13.9 Å². The van der Waals surface area contributed by atoms with Gasteiger partial charge in [0.1, 0.15) is 17.6 Å². The molecule has 4 aromatic rings. The number of fused-ring (bicyclic) bond motifs is 1. The average Bonchev–Trinajstić information content (AvgIpc) is 3.46. The highest BCUT2D eigenvalue weighted by Gasteiger charge is 2.31. The van der Waals surface area contributed by atoms with E-state index in [4.69, 9.17) is 9.40 Å². The number of aryl methyl sites for hydroxylation is 1. The first kappa shape index (κ1) is 16.7. The number of pyridine rings is 1. The number of carbonyl (C=O) groups is 1. The van der Waals surface area contributed by atoms with E-state index in [1.807, 2.05) is 54.3 Å². The summed E-state index contributed by atoms with van der Waals surface area (Å²) in [5, 5.41) is 0. The van der Waals surface area contributed by atoms with Gasteiger partial charge in [-0.3, -0.25) is 4.79 Å². The predicted molar refractivity (Wildman–Crippen MR) is 106 cm³/mol. The summed E-state index contributed by atoms with van der Waals surface area (Å²) >= 11 is 0. The number of hydrogen-bond acceptors (Lipinski definition) is 4. The van der Waals surface area contributed by atoms with Crippen LogP contribution in [-0.4, -0.2) is 38.4 Å². The van der Waals surface area contributed by atoms with E-state index in [0.717, 1.165) is 40.1 Å². The Labute approximate surface area is 162 Å². The number of amides is 1. The topological polar surface area (TPSA) is 64.2 Å². The molecule has 140 valence electrons. The Hall–Kier alpha value is -3.41. The summed E-state index contributed by atoms with van der Waals surface area (Å²) in [5.74, 6) is 0.904. The van der Waals surface area contributed by atoms with Crippen molar-refractivity contribution in [2.45, 2.75) is 19.4 Å². The number of hydrogen-bond donors (Lipinski definition) is 0. The molecule has 5 rings (SSSR count). The first-order valence-electron chi connectivity index (χ1n) is 9.42. The van der Waals surface area contributed by atoms with Crippen molar-refractivity contribution < 1.29 is 9.21 Å². The molecule has 1 atom stereocenters. The molecule has 0 bridgehead atoms. The molecule has 1 aliphatic rings. The molecule has 1 saturated heterocycles. The lowest BCUT2D eigenvalue weighted by Crippen LogP contribution is -2.29. The Bertz CT molecular complexity index is 1130. The quantitative estimate of drug-likeness (QED) is 0.543. The van der Waals surface area contributed by atoms with E-state index in [9.17, 15) is 4.79 Å². The molecule has 0 aliphatic carbocycles. The van der Waals surface area contributed by atoms with E-state index in [0.29, 0.717) is 13.1 Å². The standard InChI is InChI=1S/C22H20N4O2/c1-15-4-6-16(7-5-15)22(27)25-11-8-18(13-25)26-20(17-9-12-28-14-17)24-19-3-2-10-23-21(19)26/h2-7,9-10,12,14,18H,8,11,13H2,1H3. The fourth-order valence-electron chi connectivity index (χ4n) is 3.89. The fourth-order valence-corrected chi connectivity index (χ4v) is 3.89. The van der Waals surface area contributed by atoms with Gasteiger partial charge in [0.2, 0.25) is 0 Å². The molecule has 6 nitrogen and oxygen atoms in total. The highest BCUT2D eigenvalue weighted by Crippen LogP contribution is 2.32. The number of imidazole rings is 1. The van der Waals surface area contributed by atoms with Crippen LogP contribution in [0, 0.1) is 6.92 Å². The highest BCUT2D eigenvalue weighted by atomic mass is 16.3. The van der Waals surface area contributed by atoms with Gasteiger partial charge in [-0.2, -0.15) is 0 Å². The number of furan rings is 1. The van der Waals surface area contributed by atoms with Crippen LogP contribution in [0.4, 0.5) is 0 Å². The van der Waals surface area contributed by atoms with Gasteiger partial charge >= 0.3 is 0 Å². The maximum absolute atomic E-state index is 12.9. The summed E-state index contributed by atoms with van der Waals surface area (Å²) in [4.78, 5) is 24.2. The van der Waals surface area contributed by atoms with Crippen molar-refractivity contribution in [1.29, 1.82) is 0 Å². The molecule has 4 heterocycles. The van der Waals surface area contributed by atoms with E-state index < -0.39 is 0 Å². The van der Waals surface area contributed by atoms with Gasteiger partial charge in [-0.1, -0.05) is 17.7 Å². The molecular formula is C22H20N4O2. The molecule has 6 heteroatoms. The van der Waals surface area contributed by atoms with Crippen molar-refractivity contribution in [2.24, 2.45) is 0 Å². The summed E-state index contributed by atoms with van der Waals surface area (Å²) in [5.41, 5.74) is 4.49. The molecule has 1 aromatic carbocycles. The molecular weight excluding hydrogens is 352 g/mol. The molecule has 1 amide bonds. The molecule has 1 unspecified atom stereocenters. The molecule has 1 aliphatic heterocycles. The number of benzene rings is 1. The number of rotatable bonds is 3. The second-order valence-corrected chi connectivity index (χ2v) is 7.22. The van der Waals surface area contributed by atoms with Gasteiger partial charge in [-0.05, 0) is 43.7 Å². The minimum atomic E-state index is 0.0738. The summed E-state index contributed by atoms with van der Waals surface area (Å²) in [6.07, 6.45) is 5.99. The van der Waals surface area contributed by atoms with Gasteiger partial charge in [0, 0.05) is 24.8 Å². The Morgan fingerprint density at radius 3 is 2.82 bits per heavy atom. The Balaban J connectivity index is 1.49. The summed E-state index contributed by atoms with van der Waals surface area (Å²) in [6.45, 7) is 3.38. The largest absolute Gasteiger partial charge is 0.472 e. The minimum absolute atomic E-state index is 0.0738. The zero-order valence-corrected chi connectivity index (χ0v) is 15.6. The zero-order valence-electron chi connectivity index (χ0n) is 15.6. The van der Waals surface area contributed by atoms with Crippen LogP contribution in [0.1, 0.15) is 28.4 Å². The number of likely N-dealkylation sites (tertiary alicyclic amines) is 1. The summed E-state index contributed by atoms with van der Waals surface area (Å²) in [6, 6.07) is 13.6. The third-order valence-corrected chi connectivity index (χ3v) is 5.34. The average molecular weight is 372 g/mol. The summed E-state index contributed by atoms with van der Waals surface area (Å²) in [7, 11) is 0. The Kier molecular flexibility index (Phi) is 3.97. The molecule has 0 radical (unpaired) electrons. The first-order chi connectivity index (χ1) is 13.7. The van der Waals surface area contributed by atoms with Crippen LogP contribution in [-0.2, 0) is 0 Å². The fraction of sp³-hybridized carbons (Fsp3) is 0.227. The van der Waals surface area contributed by atoms with Crippen LogP contribution < -0.4 is 0 Å². The van der Waals surface area contributed by atoms with Gasteiger partial charge in [0.15, 0.2) is 5.65 Å². The Morgan fingerprint density at radius 2 is 2.04 bits per heavy atom. The van der Waals surface area contributed by atoms with Gasteiger partial charge in [0.25, 0.3) is 5.91 Å². The molecule has 0 spiro atoms. The second-order valence-electron chi connectivity index (χ2n) is 7.22. The van der Waals surface area contributed by atoms with Gasteiger partial charge in [-0.25, -0.2) is 9.97 Å². The monoisotopic (exact) mass is 372 g/mol. The van der Waals surface area contributed by atoms with Crippen molar-refractivity contribution in [3.63, 3.8) is 0 Å². The van der Waals surface area contributed by atoms with Crippen LogP contribution in [0.5, 0.6) is 0 Å². The number of aromatic nitrogens is 3. The van der Waals surface area contributed by atoms with Gasteiger partial charge in [-0.15, -0.1) is 0 Å². The van der Waals surface area contributed by atoms with Gasteiger partial charge in [0.05, 0.1) is 17.9 Å². The van der Waals surface area contributed by atoms with Crippen molar-refractivity contribution in [3.05, 3.63) is 72.3 Å². The number of nitrogens with zero attached hydrogens (tertiary/aromatic N) is 4. The lowest BCUT2D eigenvalue weighted by atomic mass is 10.1. The molecule has 0 saturated carbocycles. The van der Waals surface area contributed by atoms with E-state index in [1.165, 1.54) is 0 Å². The van der Waals surface area contributed by atoms with Crippen LogP contribution in [0.3, 0.4) is 0 Å². The number of carbonyl (C=O) groups excluding carboxylic acids is 1. The summed E-state index contributed by atoms with van der Waals surface area (Å²) < 4.78 is 7.43. The van der Waals surface area contributed by atoms with E-state index in [2.05, 4.69) is 9.55 Å². The van der Waals surface area contributed by atoms with Crippen molar-refractivity contribution in [2.75, 3.05) is 13.1 Å². The normalized spacial score (nSPS) is 16.8. The lowest BCUT2D eigenvalue weighted by Gasteiger charge is -2.18. The molecule has 1 fully saturated rings. The third kappa shape index (κ3) is 2.78. The third-order valence-electron chi connectivity index (χ3n) is 5.34. The van der Waals surface area contributed by atoms with E-state index in [1.54, 1.807) is 18.7 Å². The second kappa shape index (κ2) is 6.64. The zero-order chi connectivity index (χ0) is 19.1. The molecule has 28 heavy (non-hydrogen) atoms. The molecule has 3 aromatic heterocycles.